The highest BCUT2D eigenvalue weighted by molar-refractivity contribution is 9.10. The van der Waals surface area contributed by atoms with Crippen LogP contribution in [0.25, 0.3) is 0 Å². The number of rotatable bonds is 3. The van der Waals surface area contributed by atoms with Crippen LogP contribution in [0.3, 0.4) is 0 Å². The monoisotopic (exact) mass is 351 g/mol. The first-order chi connectivity index (χ1) is 9.54. The minimum absolute atomic E-state index is 0.194. The quantitative estimate of drug-likeness (QED) is 0.805. The molecule has 0 saturated heterocycles. The van der Waals surface area contributed by atoms with Crippen molar-refractivity contribution in [2.75, 3.05) is 5.32 Å². The van der Waals surface area contributed by atoms with Crippen molar-refractivity contribution in [2.24, 2.45) is 0 Å². The Labute approximate surface area is 132 Å². The van der Waals surface area contributed by atoms with Gasteiger partial charge in [-0.2, -0.15) is 0 Å². The van der Waals surface area contributed by atoms with Gasteiger partial charge in [0.05, 0.1) is 10.6 Å². The third kappa shape index (κ3) is 3.05. The normalized spacial score (nSPS) is 10.4. The van der Waals surface area contributed by atoms with Gasteiger partial charge >= 0.3 is 0 Å². The number of hydrogen-bond donors (Lipinski definition) is 1. The Kier molecular flexibility index (Phi) is 4.84. The van der Waals surface area contributed by atoms with E-state index in [0.717, 1.165) is 23.2 Å². The van der Waals surface area contributed by atoms with Gasteiger partial charge in [0.25, 0.3) is 5.91 Å². The predicted molar refractivity (Wildman–Crippen MR) is 87.7 cm³/mol. The first-order valence-corrected chi connectivity index (χ1v) is 7.55. The van der Waals surface area contributed by atoms with Crippen molar-refractivity contribution in [3.8, 4) is 0 Å². The van der Waals surface area contributed by atoms with Gasteiger partial charge in [0.15, 0.2) is 0 Å². The smallest absolute Gasteiger partial charge is 0.257 e. The summed E-state index contributed by atoms with van der Waals surface area (Å²) in [4.78, 5) is 12.4. The van der Waals surface area contributed by atoms with Crippen LogP contribution in [-0.2, 0) is 6.42 Å². The maximum absolute atomic E-state index is 12.4. The Hall–Kier alpha value is -1.32. The van der Waals surface area contributed by atoms with E-state index in [9.17, 15) is 4.79 Å². The molecule has 0 saturated carbocycles. The molecule has 1 N–H and O–H groups in total. The van der Waals surface area contributed by atoms with Crippen LogP contribution in [0.2, 0.25) is 5.02 Å². The van der Waals surface area contributed by atoms with Gasteiger partial charge in [-0.05, 0) is 52.5 Å². The molecule has 0 bridgehead atoms. The summed E-state index contributed by atoms with van der Waals surface area (Å²) in [5, 5.41) is 3.40. The zero-order chi connectivity index (χ0) is 14.7. The molecule has 20 heavy (non-hydrogen) atoms. The summed E-state index contributed by atoms with van der Waals surface area (Å²) in [5.41, 5.74) is 3.50. The molecule has 0 aliphatic carbocycles. The summed E-state index contributed by atoms with van der Waals surface area (Å²) in [7, 11) is 0. The molecule has 2 nitrogen and oxygen atoms in total. The van der Waals surface area contributed by atoms with Gasteiger partial charge in [-0.15, -0.1) is 0 Å². The number of para-hydroxylation sites is 1. The number of anilines is 1. The molecule has 0 atom stereocenters. The van der Waals surface area contributed by atoms with Crippen molar-refractivity contribution in [1.82, 2.24) is 0 Å². The highest BCUT2D eigenvalue weighted by Gasteiger charge is 2.14. The second-order valence-electron chi connectivity index (χ2n) is 4.52. The first-order valence-electron chi connectivity index (χ1n) is 6.38. The number of carbonyl (C=O) groups is 1. The van der Waals surface area contributed by atoms with Gasteiger partial charge in [0.1, 0.15) is 0 Å². The largest absolute Gasteiger partial charge is 0.321 e. The van der Waals surface area contributed by atoms with Crippen LogP contribution in [0.1, 0.15) is 28.4 Å². The number of amides is 1. The van der Waals surface area contributed by atoms with Gasteiger partial charge in [0.2, 0.25) is 0 Å². The molecule has 0 heterocycles. The second kappa shape index (κ2) is 6.42. The SMILES string of the molecule is CCc1cccc(C)c1NC(=O)c1cccc(Br)c1Cl. The van der Waals surface area contributed by atoms with E-state index in [1.807, 2.05) is 31.2 Å². The van der Waals surface area contributed by atoms with E-state index >= 15 is 0 Å². The van der Waals surface area contributed by atoms with Gasteiger partial charge in [-0.25, -0.2) is 0 Å². The Bertz CT molecular complexity index is 655. The third-order valence-electron chi connectivity index (χ3n) is 3.17. The summed E-state index contributed by atoms with van der Waals surface area (Å²) in [6.07, 6.45) is 0.865. The highest BCUT2D eigenvalue weighted by atomic mass is 79.9. The van der Waals surface area contributed by atoms with E-state index in [1.165, 1.54) is 0 Å². The van der Waals surface area contributed by atoms with Gasteiger partial charge < -0.3 is 5.32 Å². The fraction of sp³-hybridized carbons (Fsp3) is 0.188. The predicted octanol–water partition coefficient (Wildman–Crippen LogP) is 5.23. The lowest BCUT2D eigenvalue weighted by molar-refractivity contribution is 0.102. The van der Waals surface area contributed by atoms with Crippen LogP contribution in [0.5, 0.6) is 0 Å². The average Bonchev–Trinajstić information content (AvgIpc) is 2.44. The Morgan fingerprint density at radius 2 is 1.95 bits per heavy atom. The van der Waals surface area contributed by atoms with E-state index < -0.39 is 0 Å². The highest BCUT2D eigenvalue weighted by Crippen LogP contribution is 2.28. The molecule has 2 rings (SSSR count). The fourth-order valence-corrected chi connectivity index (χ4v) is 2.64. The van der Waals surface area contributed by atoms with Crippen LogP contribution in [-0.4, -0.2) is 5.91 Å². The summed E-state index contributed by atoms with van der Waals surface area (Å²) in [6, 6.07) is 11.3. The Balaban J connectivity index is 2.35. The number of benzene rings is 2. The number of carbonyl (C=O) groups excluding carboxylic acids is 1. The van der Waals surface area contributed by atoms with E-state index in [4.69, 9.17) is 11.6 Å². The molecule has 1 amide bonds. The molecule has 0 aromatic heterocycles. The summed E-state index contributed by atoms with van der Waals surface area (Å²) >= 11 is 9.49. The minimum Gasteiger partial charge on any atom is -0.321 e. The maximum atomic E-state index is 12.4. The molecule has 0 radical (unpaired) electrons. The van der Waals surface area contributed by atoms with Crippen molar-refractivity contribution < 1.29 is 4.79 Å². The zero-order valence-corrected chi connectivity index (χ0v) is 13.7. The minimum atomic E-state index is -0.194. The van der Waals surface area contributed by atoms with E-state index in [1.54, 1.807) is 12.1 Å². The molecule has 4 heteroatoms. The van der Waals surface area contributed by atoms with Crippen LogP contribution in [0.15, 0.2) is 40.9 Å². The number of halogens is 2. The van der Waals surface area contributed by atoms with Crippen molar-refractivity contribution in [3.63, 3.8) is 0 Å². The molecule has 0 aliphatic heterocycles. The lowest BCUT2D eigenvalue weighted by atomic mass is 10.1. The van der Waals surface area contributed by atoms with Crippen molar-refractivity contribution in [2.45, 2.75) is 20.3 Å². The van der Waals surface area contributed by atoms with Crippen LogP contribution in [0.4, 0.5) is 5.69 Å². The maximum Gasteiger partial charge on any atom is 0.257 e. The number of aryl methyl sites for hydroxylation is 2. The molecular formula is C16H15BrClNO. The standard InChI is InChI=1S/C16H15BrClNO/c1-3-11-7-4-6-10(2)15(11)19-16(20)12-8-5-9-13(17)14(12)18/h4-9H,3H2,1-2H3,(H,19,20). The van der Waals surface area contributed by atoms with Crippen LogP contribution >= 0.6 is 27.5 Å². The average molecular weight is 353 g/mol. The molecule has 0 spiro atoms. The Morgan fingerprint density at radius 3 is 2.65 bits per heavy atom. The Morgan fingerprint density at radius 1 is 1.25 bits per heavy atom. The number of hydrogen-bond acceptors (Lipinski definition) is 1. The third-order valence-corrected chi connectivity index (χ3v) is 4.47. The first kappa shape index (κ1) is 15.1. The van der Waals surface area contributed by atoms with Crippen molar-refractivity contribution in [1.29, 1.82) is 0 Å². The molecule has 0 aliphatic rings. The molecular weight excluding hydrogens is 338 g/mol. The second-order valence-corrected chi connectivity index (χ2v) is 5.75. The lowest BCUT2D eigenvalue weighted by Crippen LogP contribution is -2.15. The lowest BCUT2D eigenvalue weighted by Gasteiger charge is -2.13. The van der Waals surface area contributed by atoms with Crippen molar-refractivity contribution >= 4 is 39.1 Å². The molecule has 0 fully saturated rings. The molecule has 104 valence electrons. The van der Waals surface area contributed by atoms with E-state index in [2.05, 4.69) is 28.2 Å². The fourth-order valence-electron chi connectivity index (χ4n) is 2.06. The van der Waals surface area contributed by atoms with Gasteiger partial charge in [0, 0.05) is 10.2 Å². The van der Waals surface area contributed by atoms with E-state index in [-0.39, 0.29) is 5.91 Å². The number of nitrogens with one attached hydrogen (secondary N) is 1. The molecule has 2 aromatic carbocycles. The van der Waals surface area contributed by atoms with Gasteiger partial charge in [-0.3, -0.25) is 4.79 Å². The summed E-state index contributed by atoms with van der Waals surface area (Å²) < 4.78 is 0.715. The summed E-state index contributed by atoms with van der Waals surface area (Å²) in [5.74, 6) is -0.194. The van der Waals surface area contributed by atoms with Crippen LogP contribution < -0.4 is 5.32 Å². The summed E-state index contributed by atoms with van der Waals surface area (Å²) in [6.45, 7) is 4.05. The molecule has 0 unspecified atom stereocenters. The molecule has 2 aromatic rings. The van der Waals surface area contributed by atoms with Crippen molar-refractivity contribution in [3.05, 3.63) is 62.6 Å². The topological polar surface area (TPSA) is 29.1 Å². The van der Waals surface area contributed by atoms with Gasteiger partial charge in [-0.1, -0.05) is 42.8 Å². The van der Waals surface area contributed by atoms with Crippen LogP contribution in [0, 0.1) is 6.92 Å². The zero-order valence-electron chi connectivity index (χ0n) is 11.3. The van der Waals surface area contributed by atoms with E-state index in [0.29, 0.717) is 15.1 Å².